The number of fused-ring (bicyclic) bond motifs is 1. The fourth-order valence-corrected chi connectivity index (χ4v) is 6.98. The molecular formula is C23H27F2N7O3S2. The Kier molecular flexibility index (Phi) is 5.77. The molecule has 1 saturated heterocycles. The zero-order valence-electron chi connectivity index (χ0n) is 20.4. The Morgan fingerprint density at radius 3 is 2.46 bits per heavy atom. The van der Waals surface area contributed by atoms with E-state index in [4.69, 9.17) is 0 Å². The number of nitrogens with zero attached hydrogens (tertiary/aromatic N) is 6. The number of hydrogen-bond donors (Lipinski definition) is 1. The number of aryl methyl sites for hydroxylation is 1. The predicted molar refractivity (Wildman–Crippen MR) is 134 cm³/mol. The number of piperazine rings is 1. The van der Waals surface area contributed by atoms with Gasteiger partial charge in [-0.05, 0) is 44.7 Å². The van der Waals surface area contributed by atoms with Crippen LogP contribution in [0.1, 0.15) is 44.0 Å². The fraction of sp³-hybridized carbons (Fsp3) is 0.565. The lowest BCUT2D eigenvalue weighted by molar-refractivity contribution is -0.132. The minimum Gasteiger partial charge on any atom is -0.366 e. The Morgan fingerprint density at radius 2 is 1.86 bits per heavy atom. The van der Waals surface area contributed by atoms with E-state index in [1.54, 1.807) is 17.8 Å². The molecule has 2 aliphatic carbocycles. The molecule has 10 nitrogen and oxygen atoms in total. The Labute approximate surface area is 216 Å². The van der Waals surface area contributed by atoms with Gasteiger partial charge in [-0.25, -0.2) is 21.9 Å². The highest BCUT2D eigenvalue weighted by atomic mass is 32.2. The van der Waals surface area contributed by atoms with Crippen LogP contribution in [0.5, 0.6) is 0 Å². The molecule has 14 heteroatoms. The number of aromatic nitrogens is 4. The van der Waals surface area contributed by atoms with E-state index in [1.807, 2.05) is 11.8 Å². The van der Waals surface area contributed by atoms with Crippen molar-refractivity contribution in [2.75, 3.05) is 31.1 Å². The van der Waals surface area contributed by atoms with Crippen molar-refractivity contribution in [3.05, 3.63) is 17.1 Å². The maximum atomic E-state index is 13.4. The molecule has 0 spiro atoms. The van der Waals surface area contributed by atoms with Crippen LogP contribution < -0.4 is 9.62 Å². The normalized spacial score (nSPS) is 19.7. The van der Waals surface area contributed by atoms with E-state index >= 15 is 0 Å². The number of anilines is 1. The number of carbonyl (C=O) groups is 1. The molecule has 2 aromatic heterocycles. The van der Waals surface area contributed by atoms with Crippen LogP contribution in [-0.4, -0.2) is 70.9 Å². The van der Waals surface area contributed by atoms with E-state index < -0.39 is 27.0 Å². The highest BCUT2D eigenvalue weighted by Gasteiger charge is 2.42. The molecule has 0 unspecified atom stereocenters. The monoisotopic (exact) mass is 551 g/mol. The van der Waals surface area contributed by atoms with Crippen molar-refractivity contribution in [1.29, 1.82) is 0 Å². The molecule has 1 amide bonds. The van der Waals surface area contributed by atoms with Gasteiger partial charge in [0.1, 0.15) is 5.69 Å². The number of carbonyl (C=O) groups excluding carboxylic acids is 1. The molecule has 198 valence electrons. The number of hydrogen-bond acceptors (Lipinski definition) is 8. The maximum Gasteiger partial charge on any atom is 0.291 e. The Bertz CT molecular complexity index is 1490. The van der Waals surface area contributed by atoms with Crippen molar-refractivity contribution >= 4 is 43.9 Å². The number of nitrogens with one attached hydrogen (secondary N) is 1. The van der Waals surface area contributed by atoms with Gasteiger partial charge in [-0.3, -0.25) is 9.48 Å². The molecule has 3 fully saturated rings. The summed E-state index contributed by atoms with van der Waals surface area (Å²) in [4.78, 5) is 16.6. The maximum absolute atomic E-state index is 13.4. The third kappa shape index (κ3) is 4.59. The zero-order chi connectivity index (χ0) is 26.1. The highest BCUT2D eigenvalue weighted by Crippen LogP contribution is 2.40. The van der Waals surface area contributed by atoms with E-state index in [0.717, 1.165) is 37.0 Å². The Morgan fingerprint density at radius 1 is 1.16 bits per heavy atom. The molecule has 0 bridgehead atoms. The lowest BCUT2D eigenvalue weighted by Gasteiger charge is -2.36. The van der Waals surface area contributed by atoms with Gasteiger partial charge in [0.15, 0.2) is 10.0 Å². The molecule has 3 aliphatic rings. The predicted octanol–water partition coefficient (Wildman–Crippen LogP) is 2.92. The molecule has 37 heavy (non-hydrogen) atoms. The second-order valence-corrected chi connectivity index (χ2v) is 13.0. The summed E-state index contributed by atoms with van der Waals surface area (Å²) in [5, 5.41) is 12.3. The molecule has 1 aliphatic heterocycles. The molecule has 1 N–H and O–H groups in total. The molecule has 0 atom stereocenters. The number of benzene rings is 1. The summed E-state index contributed by atoms with van der Waals surface area (Å²) in [6, 6.07) is 3.18. The number of halogens is 2. The van der Waals surface area contributed by atoms with E-state index in [0.29, 0.717) is 48.5 Å². The first-order chi connectivity index (χ1) is 17.5. The second kappa shape index (κ2) is 8.67. The molecule has 2 saturated carbocycles. The third-order valence-electron chi connectivity index (χ3n) is 7.27. The summed E-state index contributed by atoms with van der Waals surface area (Å²) in [7, 11) is -2.13. The third-order valence-corrected chi connectivity index (χ3v) is 9.83. The molecule has 3 heterocycles. The van der Waals surface area contributed by atoms with Gasteiger partial charge in [0.05, 0.1) is 16.1 Å². The number of rotatable bonds is 7. The molecule has 1 aromatic carbocycles. The van der Waals surface area contributed by atoms with Gasteiger partial charge in [-0.2, -0.15) is 5.10 Å². The van der Waals surface area contributed by atoms with Crippen molar-refractivity contribution < 1.29 is 22.0 Å². The van der Waals surface area contributed by atoms with Crippen LogP contribution in [0.2, 0.25) is 0 Å². The summed E-state index contributed by atoms with van der Waals surface area (Å²) < 4.78 is 57.6. The van der Waals surface area contributed by atoms with E-state index in [1.165, 1.54) is 6.07 Å². The summed E-state index contributed by atoms with van der Waals surface area (Å²) in [6.45, 7) is 4.03. The van der Waals surface area contributed by atoms with E-state index in [2.05, 4.69) is 24.9 Å². The molecule has 0 radical (unpaired) electrons. The molecule has 6 rings (SSSR count). The standard InChI is InChI=1S/C23H27F2N7O3S2/c1-23(5-6-23)29-37(34,35)14-11-15-17(20-26-27-21(36-20)19(24)25)28-30(2)18(15)16(12-14)31-7-9-32(10-8-31)22(33)13-3-4-13/h11-13,19,29H,3-10H2,1-2H3. The van der Waals surface area contributed by atoms with Crippen LogP contribution in [0.25, 0.3) is 21.6 Å². The second-order valence-electron chi connectivity index (χ2n) is 10.3. The summed E-state index contributed by atoms with van der Waals surface area (Å²) in [5.74, 6) is 0.336. The fourth-order valence-electron chi connectivity index (χ4n) is 4.77. The minimum absolute atomic E-state index is 0.0764. The van der Waals surface area contributed by atoms with Gasteiger partial charge >= 0.3 is 0 Å². The Hall–Kier alpha value is -2.71. The quantitative estimate of drug-likeness (QED) is 0.480. The van der Waals surface area contributed by atoms with Crippen LogP contribution in [0.3, 0.4) is 0 Å². The van der Waals surface area contributed by atoms with Crippen LogP contribution in [0, 0.1) is 5.92 Å². The van der Waals surface area contributed by atoms with Crippen molar-refractivity contribution in [2.24, 2.45) is 13.0 Å². The zero-order valence-corrected chi connectivity index (χ0v) is 22.1. The number of amides is 1. The molecular weight excluding hydrogens is 524 g/mol. The number of sulfonamides is 1. The summed E-state index contributed by atoms with van der Waals surface area (Å²) in [6.07, 6.45) is 0.658. The number of alkyl halides is 2. The summed E-state index contributed by atoms with van der Waals surface area (Å²) >= 11 is 0.738. The topological polar surface area (TPSA) is 113 Å². The highest BCUT2D eigenvalue weighted by molar-refractivity contribution is 7.89. The summed E-state index contributed by atoms with van der Waals surface area (Å²) in [5.41, 5.74) is 1.17. The lowest BCUT2D eigenvalue weighted by Crippen LogP contribution is -2.49. The van der Waals surface area contributed by atoms with Crippen molar-refractivity contribution in [2.45, 2.75) is 49.5 Å². The first-order valence-corrected chi connectivity index (χ1v) is 14.5. The van der Waals surface area contributed by atoms with Crippen molar-refractivity contribution in [3.63, 3.8) is 0 Å². The Balaban J connectivity index is 1.43. The van der Waals surface area contributed by atoms with Crippen LogP contribution in [0.15, 0.2) is 17.0 Å². The molecule has 3 aromatic rings. The van der Waals surface area contributed by atoms with Gasteiger partial charge in [0, 0.05) is 50.1 Å². The van der Waals surface area contributed by atoms with Crippen molar-refractivity contribution in [3.8, 4) is 10.7 Å². The minimum atomic E-state index is -3.86. The van der Waals surface area contributed by atoms with Crippen LogP contribution >= 0.6 is 11.3 Å². The average Bonchev–Trinajstić information content (AvgIpc) is 3.75. The largest absolute Gasteiger partial charge is 0.366 e. The van der Waals surface area contributed by atoms with E-state index in [9.17, 15) is 22.0 Å². The first-order valence-electron chi connectivity index (χ1n) is 12.2. The lowest BCUT2D eigenvalue weighted by atomic mass is 10.1. The van der Waals surface area contributed by atoms with Gasteiger partial charge in [0.25, 0.3) is 6.43 Å². The van der Waals surface area contributed by atoms with Gasteiger partial charge in [-0.1, -0.05) is 11.3 Å². The van der Waals surface area contributed by atoms with Gasteiger partial charge in [0.2, 0.25) is 15.9 Å². The van der Waals surface area contributed by atoms with Gasteiger partial charge < -0.3 is 9.80 Å². The first kappa shape index (κ1) is 24.6. The van der Waals surface area contributed by atoms with Crippen LogP contribution in [-0.2, 0) is 21.9 Å². The SMILES string of the molecule is Cn1nc(-c2nnc(C(F)F)s2)c2cc(S(=O)(=O)NC3(C)CC3)cc(N3CCN(C(=O)C4CC4)CC3)c21. The van der Waals surface area contributed by atoms with Crippen LogP contribution in [0.4, 0.5) is 14.5 Å². The van der Waals surface area contributed by atoms with E-state index in [-0.39, 0.29) is 21.7 Å². The average molecular weight is 552 g/mol. The van der Waals surface area contributed by atoms with Gasteiger partial charge in [-0.15, -0.1) is 10.2 Å². The smallest absolute Gasteiger partial charge is 0.291 e. The van der Waals surface area contributed by atoms with Crippen molar-refractivity contribution in [1.82, 2.24) is 29.6 Å².